The third-order valence-electron chi connectivity index (χ3n) is 7.68. The van der Waals surface area contributed by atoms with Gasteiger partial charge in [-0.2, -0.15) is 0 Å². The van der Waals surface area contributed by atoms with Crippen molar-refractivity contribution in [3.8, 4) is 11.8 Å². The molecule has 1 N–H and O–H groups in total. The number of halogens is 1. The highest BCUT2D eigenvalue weighted by Gasteiger charge is 2.48. The molecule has 2 aromatic rings. The minimum absolute atomic E-state index is 0.198. The van der Waals surface area contributed by atoms with Crippen molar-refractivity contribution in [1.29, 1.82) is 0 Å². The molecule has 2 fully saturated rings. The van der Waals surface area contributed by atoms with Crippen LogP contribution in [0.2, 0.25) is 5.02 Å². The molecule has 0 bridgehead atoms. The normalized spacial score (nSPS) is 21.6. The Kier molecular flexibility index (Phi) is 6.77. The lowest BCUT2D eigenvalue weighted by molar-refractivity contribution is -0.938. The zero-order chi connectivity index (χ0) is 21.8. The van der Waals surface area contributed by atoms with Gasteiger partial charge in [-0.15, -0.1) is 0 Å². The second kappa shape index (κ2) is 9.37. The van der Waals surface area contributed by atoms with Crippen LogP contribution < -0.4 is 0 Å². The van der Waals surface area contributed by atoms with Gasteiger partial charge in [0.1, 0.15) is 13.1 Å². The SMILES string of the molecule is CC1([C@@](O)(C#CC[N+]2(Cc3ccccc3Cl)CCCCC2)c2ccccc2)CCCC1. The summed E-state index contributed by atoms with van der Waals surface area (Å²) in [6.07, 6.45) is 8.13. The monoisotopic (exact) mass is 436 g/mol. The summed E-state index contributed by atoms with van der Waals surface area (Å²) in [5.41, 5.74) is 0.836. The molecule has 4 rings (SSSR count). The molecule has 1 heterocycles. The quantitative estimate of drug-likeness (QED) is 0.430. The van der Waals surface area contributed by atoms with E-state index in [9.17, 15) is 5.11 Å². The average molecular weight is 437 g/mol. The number of nitrogens with zero attached hydrogens (tertiary/aromatic N) is 1. The Balaban J connectivity index is 1.64. The van der Waals surface area contributed by atoms with Crippen LogP contribution >= 0.6 is 11.6 Å². The Bertz CT molecular complexity index is 932. The topological polar surface area (TPSA) is 20.2 Å². The lowest BCUT2D eigenvalue weighted by Gasteiger charge is -2.41. The number of hydrogen-bond donors (Lipinski definition) is 1. The number of aliphatic hydroxyl groups is 1. The summed E-state index contributed by atoms with van der Waals surface area (Å²) < 4.78 is 0.943. The van der Waals surface area contributed by atoms with Gasteiger partial charge in [0.15, 0.2) is 5.60 Å². The van der Waals surface area contributed by atoms with Crippen molar-refractivity contribution in [3.63, 3.8) is 0 Å². The minimum atomic E-state index is -1.10. The number of hydrogen-bond acceptors (Lipinski definition) is 1. The van der Waals surface area contributed by atoms with Crippen molar-refractivity contribution < 1.29 is 9.59 Å². The predicted molar refractivity (Wildman–Crippen MR) is 129 cm³/mol. The van der Waals surface area contributed by atoms with Gasteiger partial charge in [0, 0.05) is 16.0 Å². The van der Waals surface area contributed by atoms with E-state index in [1.54, 1.807) is 0 Å². The van der Waals surface area contributed by atoms with E-state index in [1.165, 1.54) is 37.7 Å². The number of rotatable bonds is 5. The Hall–Kier alpha value is -1.79. The molecule has 31 heavy (non-hydrogen) atoms. The van der Waals surface area contributed by atoms with Gasteiger partial charge in [0.25, 0.3) is 0 Å². The molecular weight excluding hydrogens is 402 g/mol. The van der Waals surface area contributed by atoms with Crippen molar-refractivity contribution in [2.24, 2.45) is 5.41 Å². The third kappa shape index (κ3) is 4.70. The number of likely N-dealkylation sites (tertiary alicyclic amines) is 1. The van der Waals surface area contributed by atoms with E-state index in [0.717, 1.165) is 54.1 Å². The molecule has 1 atom stereocenters. The van der Waals surface area contributed by atoms with Gasteiger partial charge in [-0.1, -0.05) is 85.8 Å². The molecule has 1 aliphatic heterocycles. The van der Waals surface area contributed by atoms with Crippen molar-refractivity contribution in [1.82, 2.24) is 0 Å². The smallest absolute Gasteiger partial charge is 0.156 e. The van der Waals surface area contributed by atoms with Crippen LogP contribution in [0.5, 0.6) is 0 Å². The van der Waals surface area contributed by atoms with Crippen molar-refractivity contribution in [2.75, 3.05) is 19.6 Å². The zero-order valence-electron chi connectivity index (χ0n) is 18.7. The maximum absolute atomic E-state index is 12.0. The predicted octanol–water partition coefficient (Wildman–Crippen LogP) is 6.31. The van der Waals surface area contributed by atoms with Gasteiger partial charge in [-0.25, -0.2) is 0 Å². The summed E-state index contributed by atoms with van der Waals surface area (Å²) in [5.74, 6) is 6.93. The standard InChI is InChI=1S/C28H35ClNO/c1-27(17-8-9-18-27)28(31,25-14-4-2-5-15-25)19-12-22-30(20-10-3-11-21-30)23-24-13-6-7-16-26(24)29/h2,4-7,13-16,31H,3,8-11,17-18,20-23H2,1H3/q+1/t28-/m1/s1. The van der Waals surface area contributed by atoms with Crippen LogP contribution in [-0.2, 0) is 12.1 Å². The first-order chi connectivity index (χ1) is 15.0. The Morgan fingerprint density at radius 1 is 0.935 bits per heavy atom. The Morgan fingerprint density at radius 3 is 2.26 bits per heavy atom. The van der Waals surface area contributed by atoms with Crippen LogP contribution in [0.3, 0.4) is 0 Å². The van der Waals surface area contributed by atoms with E-state index in [-0.39, 0.29) is 5.41 Å². The van der Waals surface area contributed by atoms with Crippen LogP contribution in [0.15, 0.2) is 54.6 Å². The third-order valence-corrected chi connectivity index (χ3v) is 8.05. The lowest BCUT2D eigenvalue weighted by atomic mass is 9.68. The van der Waals surface area contributed by atoms with E-state index in [0.29, 0.717) is 0 Å². The molecule has 1 saturated heterocycles. The highest BCUT2D eigenvalue weighted by Crippen LogP contribution is 2.50. The summed E-state index contributed by atoms with van der Waals surface area (Å²) in [6.45, 7) is 6.14. The molecule has 0 aromatic heterocycles. The largest absolute Gasteiger partial charge is 0.373 e. The highest BCUT2D eigenvalue weighted by atomic mass is 35.5. The maximum atomic E-state index is 12.0. The number of piperidine rings is 1. The van der Waals surface area contributed by atoms with Crippen LogP contribution in [0, 0.1) is 17.3 Å². The van der Waals surface area contributed by atoms with Crippen LogP contribution in [0.25, 0.3) is 0 Å². The molecule has 0 amide bonds. The molecule has 2 aromatic carbocycles. The van der Waals surface area contributed by atoms with E-state index in [4.69, 9.17) is 11.6 Å². The fraction of sp³-hybridized carbons (Fsp3) is 0.500. The van der Waals surface area contributed by atoms with E-state index in [1.807, 2.05) is 42.5 Å². The van der Waals surface area contributed by atoms with E-state index < -0.39 is 5.60 Å². The first-order valence-electron chi connectivity index (χ1n) is 11.8. The molecule has 0 unspecified atom stereocenters. The Labute approximate surface area is 192 Å². The van der Waals surface area contributed by atoms with Gasteiger partial charge < -0.3 is 9.59 Å². The van der Waals surface area contributed by atoms with Crippen molar-refractivity contribution >= 4 is 11.6 Å². The minimum Gasteiger partial charge on any atom is -0.373 e. The first kappa shape index (κ1) is 22.4. The highest BCUT2D eigenvalue weighted by molar-refractivity contribution is 6.31. The lowest BCUT2D eigenvalue weighted by Crippen LogP contribution is -2.51. The summed E-state index contributed by atoms with van der Waals surface area (Å²) in [7, 11) is 0. The summed E-state index contributed by atoms with van der Waals surface area (Å²) in [4.78, 5) is 0. The second-order valence-electron chi connectivity index (χ2n) is 9.90. The molecular formula is C28H35ClNO+. The molecule has 2 aliphatic rings. The van der Waals surface area contributed by atoms with Gasteiger partial charge in [-0.3, -0.25) is 0 Å². The van der Waals surface area contributed by atoms with Gasteiger partial charge >= 0.3 is 0 Å². The molecule has 2 nitrogen and oxygen atoms in total. The van der Waals surface area contributed by atoms with Crippen LogP contribution in [0.4, 0.5) is 0 Å². The molecule has 1 saturated carbocycles. The first-order valence-corrected chi connectivity index (χ1v) is 12.2. The fourth-order valence-corrected chi connectivity index (χ4v) is 5.84. The molecule has 3 heteroatoms. The van der Waals surface area contributed by atoms with Crippen molar-refractivity contribution in [3.05, 3.63) is 70.7 Å². The number of benzene rings is 2. The van der Waals surface area contributed by atoms with Crippen molar-refractivity contribution in [2.45, 2.75) is 64.0 Å². The Morgan fingerprint density at radius 2 is 1.58 bits per heavy atom. The second-order valence-corrected chi connectivity index (χ2v) is 10.3. The molecule has 0 spiro atoms. The van der Waals surface area contributed by atoms with E-state index in [2.05, 4.69) is 30.9 Å². The zero-order valence-corrected chi connectivity index (χ0v) is 19.5. The van der Waals surface area contributed by atoms with Gasteiger partial charge in [0.2, 0.25) is 0 Å². The van der Waals surface area contributed by atoms with Crippen LogP contribution in [-0.4, -0.2) is 29.2 Å². The maximum Gasteiger partial charge on any atom is 0.156 e. The average Bonchev–Trinajstić information content (AvgIpc) is 3.25. The summed E-state index contributed by atoms with van der Waals surface area (Å²) >= 11 is 6.51. The summed E-state index contributed by atoms with van der Waals surface area (Å²) in [6, 6.07) is 18.3. The van der Waals surface area contributed by atoms with Gasteiger partial charge in [-0.05, 0) is 49.7 Å². The molecule has 164 valence electrons. The van der Waals surface area contributed by atoms with E-state index >= 15 is 0 Å². The molecule has 0 radical (unpaired) electrons. The summed E-state index contributed by atoms with van der Waals surface area (Å²) in [5, 5.41) is 12.8. The fourth-order valence-electron chi connectivity index (χ4n) is 5.65. The molecule has 1 aliphatic carbocycles. The van der Waals surface area contributed by atoms with Crippen LogP contribution in [0.1, 0.15) is 63.0 Å². The number of quaternary nitrogens is 1. The van der Waals surface area contributed by atoms with Gasteiger partial charge in [0.05, 0.1) is 13.1 Å².